The van der Waals surface area contributed by atoms with Crippen molar-refractivity contribution < 1.29 is 0 Å². The molecule has 1 N–H and O–H groups in total. The van der Waals surface area contributed by atoms with E-state index in [9.17, 15) is 0 Å². The minimum Gasteiger partial charge on any atom is -0.316 e. The monoisotopic (exact) mass is 215 g/mol. The van der Waals surface area contributed by atoms with Gasteiger partial charge in [0, 0.05) is 19.0 Å². The van der Waals surface area contributed by atoms with Crippen molar-refractivity contribution in [3.63, 3.8) is 0 Å². The van der Waals surface area contributed by atoms with Gasteiger partial charge < -0.3 is 5.32 Å². The number of rotatable bonds is 1. The lowest BCUT2D eigenvalue weighted by molar-refractivity contribution is 0.295. The first kappa shape index (κ1) is 10.3. The lowest BCUT2D eigenvalue weighted by Crippen LogP contribution is -2.25. The number of aryl methyl sites for hydroxylation is 1. The quantitative estimate of drug-likeness (QED) is 0.758. The average molecular weight is 215 g/mol. The molecular formula is C15H21N. The molecule has 0 aromatic heterocycles. The van der Waals surface area contributed by atoms with Crippen LogP contribution >= 0.6 is 0 Å². The summed E-state index contributed by atoms with van der Waals surface area (Å²) in [4.78, 5) is 0. The minimum atomic E-state index is 0.593. The molecule has 1 aliphatic carbocycles. The Kier molecular flexibility index (Phi) is 2.51. The molecule has 2 fully saturated rings. The smallest absolute Gasteiger partial charge is 0.00320 e. The number of hydrogen-bond donors (Lipinski definition) is 1. The van der Waals surface area contributed by atoms with Crippen LogP contribution in [0.5, 0.6) is 0 Å². The Balaban J connectivity index is 1.91. The predicted octanol–water partition coefficient (Wildman–Crippen LogP) is 3.24. The van der Waals surface area contributed by atoms with Crippen molar-refractivity contribution in [3.8, 4) is 0 Å². The summed E-state index contributed by atoms with van der Waals surface area (Å²) in [7, 11) is 0. The molecule has 1 heteroatoms. The Labute approximate surface area is 98.3 Å². The molecule has 0 radical (unpaired) electrons. The fraction of sp³-hybridized carbons (Fsp3) is 0.600. The summed E-state index contributed by atoms with van der Waals surface area (Å²) in [5.74, 6) is 0.760. The van der Waals surface area contributed by atoms with Crippen molar-refractivity contribution in [3.05, 3.63) is 35.4 Å². The zero-order valence-electron chi connectivity index (χ0n) is 10.1. The van der Waals surface area contributed by atoms with Crippen molar-refractivity contribution in [2.75, 3.05) is 13.1 Å². The van der Waals surface area contributed by atoms with Crippen LogP contribution in [0.4, 0.5) is 0 Å². The highest BCUT2D eigenvalue weighted by atomic mass is 14.9. The Morgan fingerprint density at radius 3 is 2.50 bits per heavy atom. The second-order valence-corrected chi connectivity index (χ2v) is 5.66. The number of hydrogen-bond acceptors (Lipinski definition) is 1. The van der Waals surface area contributed by atoms with Crippen molar-refractivity contribution in [1.29, 1.82) is 0 Å². The molecule has 86 valence electrons. The van der Waals surface area contributed by atoms with E-state index in [1.165, 1.54) is 44.3 Å². The van der Waals surface area contributed by atoms with E-state index in [0.29, 0.717) is 5.41 Å². The molecular weight excluding hydrogens is 194 g/mol. The van der Waals surface area contributed by atoms with E-state index in [0.717, 1.165) is 5.92 Å². The Morgan fingerprint density at radius 1 is 1.12 bits per heavy atom. The maximum Gasteiger partial charge on any atom is 0.00320 e. The normalized spacial score (nSPS) is 27.7. The molecule has 0 amide bonds. The van der Waals surface area contributed by atoms with E-state index >= 15 is 0 Å². The molecule has 1 saturated carbocycles. The second-order valence-electron chi connectivity index (χ2n) is 5.66. The molecule has 1 aromatic carbocycles. The van der Waals surface area contributed by atoms with Gasteiger partial charge in [-0.2, -0.15) is 0 Å². The third kappa shape index (κ3) is 1.58. The van der Waals surface area contributed by atoms with Gasteiger partial charge >= 0.3 is 0 Å². The van der Waals surface area contributed by atoms with Crippen molar-refractivity contribution in [1.82, 2.24) is 5.32 Å². The van der Waals surface area contributed by atoms with E-state index in [1.54, 1.807) is 5.56 Å². The minimum absolute atomic E-state index is 0.593. The fourth-order valence-electron chi connectivity index (χ4n) is 3.68. The van der Waals surface area contributed by atoms with Crippen molar-refractivity contribution >= 4 is 0 Å². The first-order valence-electron chi connectivity index (χ1n) is 6.57. The summed E-state index contributed by atoms with van der Waals surface area (Å²) in [6.45, 7) is 4.59. The summed E-state index contributed by atoms with van der Waals surface area (Å²) >= 11 is 0. The highest BCUT2D eigenvalue weighted by molar-refractivity contribution is 5.28. The first-order valence-corrected chi connectivity index (χ1v) is 6.57. The average Bonchev–Trinajstić information content (AvgIpc) is 2.91. The SMILES string of the molecule is Cc1ccc([C@H]2CNCC23CCCC3)cc1. The van der Waals surface area contributed by atoms with Crippen LogP contribution in [0.15, 0.2) is 24.3 Å². The Hall–Kier alpha value is -0.820. The zero-order valence-corrected chi connectivity index (χ0v) is 10.1. The highest BCUT2D eigenvalue weighted by Gasteiger charge is 2.44. The second kappa shape index (κ2) is 3.89. The molecule has 1 saturated heterocycles. The summed E-state index contributed by atoms with van der Waals surface area (Å²) in [5, 5.41) is 3.62. The third-order valence-electron chi connectivity index (χ3n) is 4.64. The van der Waals surface area contributed by atoms with E-state index in [2.05, 4.69) is 36.5 Å². The van der Waals surface area contributed by atoms with Gasteiger partial charge in [0.15, 0.2) is 0 Å². The molecule has 0 bridgehead atoms. The van der Waals surface area contributed by atoms with Gasteiger partial charge in [-0.05, 0) is 30.7 Å². The van der Waals surface area contributed by atoms with Gasteiger partial charge in [0.1, 0.15) is 0 Å². The van der Waals surface area contributed by atoms with Gasteiger partial charge in [0.05, 0.1) is 0 Å². The van der Waals surface area contributed by atoms with Crippen molar-refractivity contribution in [2.45, 2.75) is 38.5 Å². The van der Waals surface area contributed by atoms with Gasteiger partial charge in [0.25, 0.3) is 0 Å². The molecule has 3 rings (SSSR count). The van der Waals surface area contributed by atoms with E-state index < -0.39 is 0 Å². The highest BCUT2D eigenvalue weighted by Crippen LogP contribution is 2.50. The lowest BCUT2D eigenvalue weighted by Gasteiger charge is -2.30. The Morgan fingerprint density at radius 2 is 1.81 bits per heavy atom. The van der Waals surface area contributed by atoms with Crippen molar-refractivity contribution in [2.24, 2.45) is 5.41 Å². The Bertz CT molecular complexity index is 354. The van der Waals surface area contributed by atoms with Crippen LogP contribution in [-0.4, -0.2) is 13.1 Å². The van der Waals surface area contributed by atoms with Crippen LogP contribution in [0.2, 0.25) is 0 Å². The molecule has 1 aliphatic heterocycles. The van der Waals surface area contributed by atoms with Crippen LogP contribution in [0, 0.1) is 12.3 Å². The van der Waals surface area contributed by atoms with Crippen LogP contribution in [-0.2, 0) is 0 Å². The van der Waals surface area contributed by atoms with Crippen LogP contribution in [0.1, 0.15) is 42.7 Å². The summed E-state index contributed by atoms with van der Waals surface area (Å²) in [5.41, 5.74) is 3.52. The molecule has 1 heterocycles. The summed E-state index contributed by atoms with van der Waals surface area (Å²) in [6.07, 6.45) is 5.73. The van der Waals surface area contributed by atoms with E-state index in [4.69, 9.17) is 0 Å². The molecule has 1 atom stereocenters. The third-order valence-corrected chi connectivity index (χ3v) is 4.64. The molecule has 1 nitrogen and oxygen atoms in total. The van der Waals surface area contributed by atoms with Gasteiger partial charge in [-0.3, -0.25) is 0 Å². The van der Waals surface area contributed by atoms with Gasteiger partial charge in [0.2, 0.25) is 0 Å². The summed E-state index contributed by atoms with van der Waals surface area (Å²) < 4.78 is 0. The van der Waals surface area contributed by atoms with E-state index in [1.807, 2.05) is 0 Å². The maximum absolute atomic E-state index is 3.62. The number of nitrogens with one attached hydrogen (secondary N) is 1. The first-order chi connectivity index (χ1) is 7.80. The zero-order chi connectivity index (χ0) is 11.0. The predicted molar refractivity (Wildman–Crippen MR) is 67.7 cm³/mol. The van der Waals surface area contributed by atoms with Gasteiger partial charge in [-0.25, -0.2) is 0 Å². The molecule has 2 aliphatic rings. The lowest BCUT2D eigenvalue weighted by atomic mass is 9.73. The summed E-state index contributed by atoms with van der Waals surface area (Å²) in [6, 6.07) is 9.20. The molecule has 0 unspecified atom stereocenters. The largest absolute Gasteiger partial charge is 0.316 e. The van der Waals surface area contributed by atoms with Crippen LogP contribution in [0.25, 0.3) is 0 Å². The van der Waals surface area contributed by atoms with Crippen LogP contribution in [0.3, 0.4) is 0 Å². The number of benzene rings is 1. The molecule has 16 heavy (non-hydrogen) atoms. The fourth-order valence-corrected chi connectivity index (χ4v) is 3.68. The van der Waals surface area contributed by atoms with Gasteiger partial charge in [-0.1, -0.05) is 42.7 Å². The molecule has 1 spiro atoms. The van der Waals surface area contributed by atoms with E-state index in [-0.39, 0.29) is 0 Å². The van der Waals surface area contributed by atoms with Gasteiger partial charge in [-0.15, -0.1) is 0 Å². The van der Waals surface area contributed by atoms with Crippen LogP contribution < -0.4 is 5.32 Å². The topological polar surface area (TPSA) is 12.0 Å². The molecule has 1 aromatic rings. The maximum atomic E-state index is 3.62. The standard InChI is InChI=1S/C15H21N/c1-12-4-6-13(7-5-12)14-10-16-11-15(14)8-2-3-9-15/h4-7,14,16H,2-3,8-11H2,1H3/t14-/m1/s1.